The zero-order chi connectivity index (χ0) is 35.1. The largest absolute Gasteiger partial charge is 0.345 e. The first-order valence-corrected chi connectivity index (χ1v) is 15.4. The lowest BCUT2D eigenvalue weighted by Gasteiger charge is -2.30. The van der Waals surface area contributed by atoms with Crippen molar-refractivity contribution in [1.82, 2.24) is 26.2 Å². The van der Waals surface area contributed by atoms with Crippen molar-refractivity contribution in [2.24, 2.45) is 5.92 Å². The molecule has 4 rings (SSSR count). The van der Waals surface area contributed by atoms with Gasteiger partial charge in [-0.05, 0) is 36.8 Å². The zero-order valence-electron chi connectivity index (χ0n) is 26.5. The Morgan fingerprint density at radius 1 is 0.833 bits per heavy atom. The van der Waals surface area contributed by atoms with E-state index in [-0.39, 0.29) is 24.9 Å². The summed E-state index contributed by atoms with van der Waals surface area (Å²) in [6, 6.07) is 7.26. The number of benzene rings is 2. The Morgan fingerprint density at radius 2 is 1.48 bits per heavy atom. The van der Waals surface area contributed by atoms with Gasteiger partial charge in [0.2, 0.25) is 29.9 Å². The number of carbonyl (C=O) groups excluding carboxylic acids is 5. The summed E-state index contributed by atoms with van der Waals surface area (Å²) >= 11 is 0. The molecular formula is C31H37N7O10. The third-order valence-corrected chi connectivity index (χ3v) is 8.05. The molecule has 2 heterocycles. The monoisotopic (exact) mass is 667 g/mol. The molecule has 5 atom stereocenters. The number of nitro benzene ring substituents is 2. The molecule has 0 spiro atoms. The Morgan fingerprint density at radius 3 is 2.08 bits per heavy atom. The molecule has 2 saturated heterocycles. The molecule has 0 aromatic heterocycles. The summed E-state index contributed by atoms with van der Waals surface area (Å²) in [5.74, 6) is -4.14. The van der Waals surface area contributed by atoms with Crippen LogP contribution >= 0.6 is 0 Å². The minimum atomic E-state index is -1.76. The van der Waals surface area contributed by atoms with Crippen LogP contribution in [0.3, 0.4) is 0 Å². The Kier molecular flexibility index (Phi) is 11.4. The van der Waals surface area contributed by atoms with Crippen LogP contribution in [0.15, 0.2) is 48.5 Å². The van der Waals surface area contributed by atoms with Gasteiger partial charge < -0.3 is 30.9 Å². The summed E-state index contributed by atoms with van der Waals surface area (Å²) in [4.78, 5) is 90.1. The van der Waals surface area contributed by atoms with E-state index in [0.717, 1.165) is 23.8 Å². The highest BCUT2D eigenvalue weighted by Gasteiger charge is 2.41. The van der Waals surface area contributed by atoms with Crippen LogP contribution in [0.1, 0.15) is 44.7 Å². The predicted molar refractivity (Wildman–Crippen MR) is 168 cm³/mol. The maximum Gasteiger partial charge on any atom is 0.276 e. The zero-order valence-corrected chi connectivity index (χ0v) is 26.5. The molecule has 0 bridgehead atoms. The number of nitrogens with zero attached hydrogens (tertiary/aromatic N) is 3. The first-order valence-electron chi connectivity index (χ1n) is 15.4. The van der Waals surface area contributed by atoms with Gasteiger partial charge in [0.25, 0.3) is 17.3 Å². The number of nitro groups is 2. The van der Waals surface area contributed by atoms with E-state index < -0.39 is 93.7 Å². The Balaban J connectivity index is 1.69. The first-order chi connectivity index (χ1) is 22.7. The smallest absolute Gasteiger partial charge is 0.276 e. The number of carbonyl (C=O) groups is 5. The van der Waals surface area contributed by atoms with Crippen LogP contribution in [-0.2, 0) is 41.7 Å². The van der Waals surface area contributed by atoms with Gasteiger partial charge >= 0.3 is 0 Å². The minimum absolute atomic E-state index is 0.0274. The van der Waals surface area contributed by atoms with Crippen molar-refractivity contribution < 1.29 is 38.6 Å². The van der Waals surface area contributed by atoms with Gasteiger partial charge in [0.1, 0.15) is 24.2 Å². The van der Waals surface area contributed by atoms with Crippen molar-refractivity contribution in [1.29, 1.82) is 0 Å². The van der Waals surface area contributed by atoms with E-state index in [1.54, 1.807) is 44.2 Å². The van der Waals surface area contributed by atoms with Crippen LogP contribution < -0.4 is 21.3 Å². The molecule has 48 heavy (non-hydrogen) atoms. The third-order valence-electron chi connectivity index (χ3n) is 8.05. The molecule has 0 unspecified atom stereocenters. The van der Waals surface area contributed by atoms with Gasteiger partial charge in [-0.1, -0.05) is 44.2 Å². The number of nitrogens with one attached hydrogen (secondary N) is 4. The number of hydrogen-bond donors (Lipinski definition) is 4. The van der Waals surface area contributed by atoms with Gasteiger partial charge in [-0.2, -0.15) is 0 Å². The second-order valence-electron chi connectivity index (χ2n) is 12.0. The molecule has 2 aromatic rings. The molecule has 0 radical (unpaired) electrons. The maximum atomic E-state index is 14.0. The standard InChI is InChI=1S/C31H37N7O10/c1-17(2)25-29(42)35-30(48-16-20-12-21(37(44)45)15-22(13-20)38(46)47)31(43)36-11-7-10-24(36)28(41)33-23(14-19-8-5-4-6-9-19)27(40)32-18(3)26(39)34-25/h4-6,8-9,12-13,15,17-18,23-25,30H,7,10-11,14,16H2,1-3H3,(H,32,40)(H,33,41)(H,34,39)(H,35,42)/t18-,23+,24+,25+,30-/m1/s1. The predicted octanol–water partition coefficient (Wildman–Crippen LogP) is 0.840. The van der Waals surface area contributed by atoms with E-state index in [4.69, 9.17) is 4.74 Å². The van der Waals surface area contributed by atoms with Gasteiger partial charge in [-0.25, -0.2) is 0 Å². The number of fused-ring (bicyclic) bond motifs is 1. The quantitative estimate of drug-likeness (QED) is 0.229. The number of non-ortho nitro benzene ring substituents is 2. The molecule has 17 heteroatoms. The fourth-order valence-corrected chi connectivity index (χ4v) is 5.50. The minimum Gasteiger partial charge on any atom is -0.345 e. The average Bonchev–Trinajstić information content (AvgIpc) is 3.54. The molecule has 2 aliphatic heterocycles. The van der Waals surface area contributed by atoms with Crippen LogP contribution in [0.25, 0.3) is 0 Å². The number of rotatable bonds is 8. The summed E-state index contributed by atoms with van der Waals surface area (Å²) in [5, 5.41) is 33.2. The highest BCUT2D eigenvalue weighted by atomic mass is 16.6. The van der Waals surface area contributed by atoms with Crippen LogP contribution in [0.5, 0.6) is 0 Å². The molecular weight excluding hydrogens is 630 g/mol. The molecule has 2 fully saturated rings. The highest BCUT2D eigenvalue weighted by molar-refractivity contribution is 5.97. The lowest BCUT2D eigenvalue weighted by Crippen LogP contribution is -2.59. The van der Waals surface area contributed by atoms with E-state index in [9.17, 15) is 44.2 Å². The molecule has 0 aliphatic carbocycles. The Bertz CT molecular complexity index is 1550. The van der Waals surface area contributed by atoms with Gasteiger partial charge in [-0.3, -0.25) is 44.2 Å². The topological polar surface area (TPSA) is 232 Å². The Labute approximate surface area is 275 Å². The van der Waals surface area contributed by atoms with E-state index in [1.807, 2.05) is 0 Å². The van der Waals surface area contributed by atoms with Crippen molar-refractivity contribution in [2.75, 3.05) is 6.54 Å². The highest BCUT2D eigenvalue weighted by Crippen LogP contribution is 2.25. The fraction of sp³-hybridized carbons (Fsp3) is 0.452. The van der Waals surface area contributed by atoms with Gasteiger partial charge in [0.15, 0.2) is 0 Å². The van der Waals surface area contributed by atoms with Crippen molar-refractivity contribution in [3.8, 4) is 0 Å². The number of hydrogen-bond acceptors (Lipinski definition) is 10. The number of ether oxygens (including phenoxy) is 1. The molecule has 0 saturated carbocycles. The fourth-order valence-electron chi connectivity index (χ4n) is 5.50. The Hall–Kier alpha value is -5.45. The van der Waals surface area contributed by atoms with Gasteiger partial charge in [0.05, 0.1) is 22.5 Å². The summed E-state index contributed by atoms with van der Waals surface area (Å²) in [5.41, 5.74) is -0.458. The first kappa shape index (κ1) is 35.4. The maximum absolute atomic E-state index is 14.0. The van der Waals surface area contributed by atoms with Crippen LogP contribution in [0.4, 0.5) is 11.4 Å². The lowest BCUT2D eigenvalue weighted by molar-refractivity contribution is -0.394. The van der Waals surface area contributed by atoms with Gasteiger partial charge in [0, 0.05) is 25.1 Å². The summed E-state index contributed by atoms with van der Waals surface area (Å²) < 4.78 is 5.76. The van der Waals surface area contributed by atoms with Crippen molar-refractivity contribution in [2.45, 2.75) is 77.0 Å². The number of amides is 5. The SMILES string of the molecule is CC(C)[C@@H]1NC(=O)[C@@H](C)NC(=O)[C@H](Cc2ccccc2)NC(=O)[C@@H]2CCCN2C(=O)[C@@H](OCc2cc([N+](=O)[O-])cc([N+](=O)[O-])c2)NC1=O. The summed E-state index contributed by atoms with van der Waals surface area (Å²) in [7, 11) is 0. The molecule has 256 valence electrons. The average molecular weight is 668 g/mol. The summed E-state index contributed by atoms with van der Waals surface area (Å²) in [6.45, 7) is 4.26. The van der Waals surface area contributed by atoms with Crippen molar-refractivity contribution >= 4 is 40.9 Å². The van der Waals surface area contributed by atoms with Crippen LogP contribution in [0, 0.1) is 26.1 Å². The van der Waals surface area contributed by atoms with E-state index >= 15 is 0 Å². The molecule has 2 aliphatic rings. The normalized spacial score (nSPS) is 24.0. The summed E-state index contributed by atoms with van der Waals surface area (Å²) in [6.07, 6.45) is -1.02. The molecule has 4 N–H and O–H groups in total. The lowest BCUT2D eigenvalue weighted by atomic mass is 10.0. The molecule has 5 amide bonds. The second-order valence-corrected chi connectivity index (χ2v) is 12.0. The van der Waals surface area contributed by atoms with Gasteiger partial charge in [-0.15, -0.1) is 0 Å². The molecule has 2 aromatic carbocycles. The van der Waals surface area contributed by atoms with E-state index in [2.05, 4.69) is 21.3 Å². The van der Waals surface area contributed by atoms with Crippen LogP contribution in [0.2, 0.25) is 0 Å². The van der Waals surface area contributed by atoms with Crippen molar-refractivity contribution in [3.63, 3.8) is 0 Å². The van der Waals surface area contributed by atoms with E-state index in [1.165, 1.54) is 11.8 Å². The van der Waals surface area contributed by atoms with Crippen molar-refractivity contribution in [3.05, 3.63) is 79.9 Å². The molecule has 17 nitrogen and oxygen atoms in total. The second kappa shape index (κ2) is 15.4. The van der Waals surface area contributed by atoms with Crippen LogP contribution in [-0.4, -0.2) is 81.2 Å². The third kappa shape index (κ3) is 8.67. The van der Waals surface area contributed by atoms with E-state index in [0.29, 0.717) is 6.42 Å².